The maximum absolute atomic E-state index is 14.9. The van der Waals surface area contributed by atoms with Crippen LogP contribution < -0.4 is 5.32 Å². The first-order valence-electron chi connectivity index (χ1n) is 8.36. The first-order chi connectivity index (χ1) is 11.4. The first-order valence-corrected chi connectivity index (χ1v) is 8.36. The van der Waals surface area contributed by atoms with Gasteiger partial charge >= 0.3 is 0 Å². The normalized spacial score (nSPS) is 32.5. The molecule has 1 aromatic rings. The van der Waals surface area contributed by atoms with Crippen LogP contribution in [0.4, 0.5) is 8.78 Å². The predicted molar refractivity (Wildman–Crippen MR) is 86.1 cm³/mol. The van der Waals surface area contributed by atoms with Crippen LogP contribution in [0.1, 0.15) is 36.6 Å². The van der Waals surface area contributed by atoms with Crippen LogP contribution in [0.25, 0.3) is 0 Å². The largest absolute Gasteiger partial charge is 0.374 e. The second-order valence-corrected chi connectivity index (χ2v) is 7.11. The number of hydrogen-bond donors (Lipinski definition) is 1. The minimum Gasteiger partial charge on any atom is -0.374 e. The van der Waals surface area contributed by atoms with Gasteiger partial charge in [0.1, 0.15) is 17.5 Å². The molecule has 1 saturated carbocycles. The molecule has 3 atom stereocenters. The van der Waals surface area contributed by atoms with Crippen molar-refractivity contribution < 1.29 is 13.6 Å². The van der Waals surface area contributed by atoms with E-state index >= 15 is 0 Å². The monoisotopic (exact) mass is 333 g/mol. The van der Waals surface area contributed by atoms with Crippen molar-refractivity contribution >= 4 is 5.78 Å². The number of halogens is 2. The highest BCUT2D eigenvalue weighted by Crippen LogP contribution is 2.47. The van der Waals surface area contributed by atoms with Crippen LogP contribution in [0.5, 0.6) is 0 Å². The molecule has 3 aliphatic rings. The van der Waals surface area contributed by atoms with Gasteiger partial charge in [0.05, 0.1) is 6.20 Å². The van der Waals surface area contributed by atoms with E-state index in [1.165, 1.54) is 12.3 Å². The number of ketones is 1. The van der Waals surface area contributed by atoms with E-state index in [1.807, 2.05) is 0 Å². The zero-order chi connectivity index (χ0) is 17.1. The molecule has 0 aromatic heterocycles. The minimum absolute atomic E-state index is 0.0858. The number of nitrogens with one attached hydrogen (secondary N) is 1. The van der Waals surface area contributed by atoms with Gasteiger partial charge in [0.2, 0.25) is 5.95 Å². The van der Waals surface area contributed by atoms with Crippen LogP contribution in [-0.4, -0.2) is 40.8 Å². The molecule has 3 unspecified atom stereocenters. The van der Waals surface area contributed by atoms with Crippen molar-refractivity contribution in [3.8, 4) is 0 Å². The van der Waals surface area contributed by atoms with Crippen LogP contribution >= 0.6 is 0 Å². The van der Waals surface area contributed by atoms with Crippen molar-refractivity contribution in [3.05, 3.63) is 47.3 Å². The summed E-state index contributed by atoms with van der Waals surface area (Å²) in [6.07, 6.45) is 3.10. The van der Waals surface area contributed by atoms with Crippen molar-refractivity contribution in [3.63, 3.8) is 0 Å². The fourth-order valence-corrected chi connectivity index (χ4v) is 4.48. The molecule has 2 heterocycles. The number of hydrogen-bond acceptors (Lipinski definition) is 4. The molecule has 4 rings (SSSR count). The number of aryl methyl sites for hydroxylation is 1. The Balaban J connectivity index is 1.84. The second-order valence-electron chi connectivity index (χ2n) is 7.11. The van der Waals surface area contributed by atoms with Gasteiger partial charge in [0.25, 0.3) is 0 Å². The number of nitrogens with zero attached hydrogens (tertiary/aromatic N) is 2. The summed E-state index contributed by atoms with van der Waals surface area (Å²) >= 11 is 0. The van der Waals surface area contributed by atoms with Crippen molar-refractivity contribution in [1.82, 2.24) is 15.1 Å². The molecule has 1 aromatic carbocycles. The molecule has 0 radical (unpaired) electrons. The molecule has 24 heavy (non-hydrogen) atoms. The Morgan fingerprint density at radius 3 is 2.88 bits per heavy atom. The number of likely N-dealkylation sites (N-methyl/N-ethyl adjacent to an activating group) is 1. The Kier molecular flexibility index (Phi) is 3.42. The van der Waals surface area contributed by atoms with E-state index in [-0.39, 0.29) is 17.6 Å². The third-order valence-electron chi connectivity index (χ3n) is 5.55. The third-order valence-corrected chi connectivity index (χ3v) is 5.55. The molecule has 1 N–H and O–H groups in total. The molecule has 2 fully saturated rings. The maximum atomic E-state index is 14.9. The molecule has 1 aliphatic carbocycles. The van der Waals surface area contributed by atoms with Gasteiger partial charge in [-0.15, -0.1) is 0 Å². The zero-order valence-electron chi connectivity index (χ0n) is 13.9. The van der Waals surface area contributed by atoms with E-state index in [4.69, 9.17) is 0 Å². The maximum Gasteiger partial charge on any atom is 0.208 e. The van der Waals surface area contributed by atoms with E-state index < -0.39 is 17.7 Å². The molecule has 1 spiro atoms. The average molecular weight is 333 g/mol. The molecule has 2 aliphatic heterocycles. The fraction of sp³-hybridized carbons (Fsp3) is 0.500. The molecular weight excluding hydrogens is 312 g/mol. The quantitative estimate of drug-likeness (QED) is 0.802. The molecule has 1 saturated heterocycles. The SMILES string of the molecule is Cc1cc(C2NC3CCCC(=O)C34CN(C)C=C(F)N24)ccc1F. The zero-order valence-corrected chi connectivity index (χ0v) is 13.9. The second kappa shape index (κ2) is 5.28. The Morgan fingerprint density at radius 2 is 2.12 bits per heavy atom. The highest BCUT2D eigenvalue weighted by Gasteiger charge is 2.61. The summed E-state index contributed by atoms with van der Waals surface area (Å²) in [5.74, 6) is -0.613. The lowest BCUT2D eigenvalue weighted by Crippen LogP contribution is -2.65. The predicted octanol–water partition coefficient (Wildman–Crippen LogP) is 2.61. The lowest BCUT2D eigenvalue weighted by Gasteiger charge is -2.48. The van der Waals surface area contributed by atoms with Gasteiger partial charge < -0.3 is 9.80 Å². The lowest BCUT2D eigenvalue weighted by molar-refractivity contribution is -0.135. The van der Waals surface area contributed by atoms with Gasteiger partial charge in [-0.1, -0.05) is 6.07 Å². The Hall–Kier alpha value is -1.95. The Bertz CT molecular complexity index is 735. The molecular formula is C18H21F2N3O. The molecule has 128 valence electrons. The summed E-state index contributed by atoms with van der Waals surface area (Å²) in [5.41, 5.74) is 0.422. The smallest absolute Gasteiger partial charge is 0.208 e. The van der Waals surface area contributed by atoms with E-state index in [0.29, 0.717) is 18.5 Å². The number of rotatable bonds is 1. The van der Waals surface area contributed by atoms with Crippen LogP contribution in [0.3, 0.4) is 0 Å². The van der Waals surface area contributed by atoms with Crippen molar-refractivity contribution in [2.75, 3.05) is 13.6 Å². The van der Waals surface area contributed by atoms with Crippen LogP contribution in [0, 0.1) is 12.7 Å². The van der Waals surface area contributed by atoms with E-state index in [2.05, 4.69) is 5.32 Å². The minimum atomic E-state index is -0.876. The fourth-order valence-electron chi connectivity index (χ4n) is 4.48. The van der Waals surface area contributed by atoms with Crippen LogP contribution in [-0.2, 0) is 4.79 Å². The molecule has 6 heteroatoms. The summed E-state index contributed by atoms with van der Waals surface area (Å²) in [6, 6.07) is 4.70. The molecule has 4 nitrogen and oxygen atoms in total. The number of benzene rings is 1. The average Bonchev–Trinajstić information content (AvgIpc) is 2.87. The van der Waals surface area contributed by atoms with Gasteiger partial charge in [0.15, 0.2) is 5.78 Å². The van der Waals surface area contributed by atoms with Crippen molar-refractivity contribution in [2.45, 2.75) is 43.9 Å². The number of carbonyl (C=O) groups excluding carboxylic acids is 1. The Morgan fingerprint density at radius 1 is 1.33 bits per heavy atom. The van der Waals surface area contributed by atoms with Crippen molar-refractivity contribution in [2.24, 2.45) is 0 Å². The van der Waals surface area contributed by atoms with E-state index in [0.717, 1.165) is 18.4 Å². The number of carbonyl (C=O) groups is 1. The van der Waals surface area contributed by atoms with Gasteiger partial charge in [0, 0.05) is 26.1 Å². The van der Waals surface area contributed by atoms with Gasteiger partial charge in [-0.3, -0.25) is 10.1 Å². The van der Waals surface area contributed by atoms with Crippen LogP contribution in [0.15, 0.2) is 30.3 Å². The number of Topliss-reactive ketones (excluding diaryl/α,β-unsaturated/α-hetero) is 1. The third kappa shape index (κ3) is 2.02. The standard InChI is InChI=1S/C18H21F2N3O/c1-11-8-12(6-7-13(11)19)17-21-14-4-3-5-15(24)18(14)10-22(2)9-16(20)23(17)18/h6-9,14,17,21H,3-5,10H2,1-2H3. The summed E-state index contributed by atoms with van der Waals surface area (Å²) in [6.45, 7) is 2.16. The summed E-state index contributed by atoms with van der Waals surface area (Å²) in [4.78, 5) is 16.2. The summed E-state index contributed by atoms with van der Waals surface area (Å²) < 4.78 is 28.5. The first kappa shape index (κ1) is 15.6. The lowest BCUT2D eigenvalue weighted by atomic mass is 9.75. The Labute approximate surface area is 140 Å². The highest BCUT2D eigenvalue weighted by atomic mass is 19.1. The van der Waals surface area contributed by atoms with Gasteiger partial charge in [-0.2, -0.15) is 4.39 Å². The van der Waals surface area contributed by atoms with Gasteiger partial charge in [-0.05, 0) is 43.0 Å². The topological polar surface area (TPSA) is 35.6 Å². The van der Waals surface area contributed by atoms with E-state index in [9.17, 15) is 13.6 Å². The van der Waals surface area contributed by atoms with E-state index in [1.54, 1.807) is 35.9 Å². The highest BCUT2D eigenvalue weighted by molar-refractivity contribution is 5.91. The summed E-state index contributed by atoms with van der Waals surface area (Å²) in [5, 5.41) is 3.45. The molecule has 0 bridgehead atoms. The summed E-state index contributed by atoms with van der Waals surface area (Å²) in [7, 11) is 1.79. The van der Waals surface area contributed by atoms with Gasteiger partial charge in [-0.25, -0.2) is 4.39 Å². The van der Waals surface area contributed by atoms with Crippen molar-refractivity contribution in [1.29, 1.82) is 0 Å². The van der Waals surface area contributed by atoms with Crippen LogP contribution in [0.2, 0.25) is 0 Å². The molecule has 0 amide bonds.